The summed E-state index contributed by atoms with van der Waals surface area (Å²) in [4.78, 5) is 0. The maximum atomic E-state index is 4.31. The van der Waals surface area contributed by atoms with Gasteiger partial charge in [0.2, 0.25) is 0 Å². The average molecular weight is 244 g/mol. The number of nitrogens with zero attached hydrogens (tertiary/aromatic N) is 4. The molecule has 0 aromatic heterocycles. The lowest BCUT2D eigenvalue weighted by molar-refractivity contribution is 1.33. The zero-order chi connectivity index (χ0) is 10.5. The molecular formula is C10H4N4S2. The molecule has 0 bridgehead atoms. The monoisotopic (exact) mass is 244 g/mol. The number of hydrogen-bond acceptors (Lipinski definition) is 6. The van der Waals surface area contributed by atoms with Crippen LogP contribution in [0.3, 0.4) is 0 Å². The molecule has 0 saturated heterocycles. The lowest BCUT2D eigenvalue weighted by atomic mass is 10.1. The number of rotatable bonds is 0. The number of benzene rings is 2. The smallest absolute Gasteiger partial charge is 0.116 e. The van der Waals surface area contributed by atoms with Crippen molar-refractivity contribution in [2.24, 2.45) is 17.6 Å². The van der Waals surface area contributed by atoms with Gasteiger partial charge in [-0.3, -0.25) is 0 Å². The van der Waals surface area contributed by atoms with Gasteiger partial charge in [0.25, 0.3) is 0 Å². The zero-order valence-corrected chi connectivity index (χ0v) is 9.55. The third-order valence-electron chi connectivity index (χ3n) is 2.63. The predicted molar refractivity (Wildman–Crippen MR) is 63.8 cm³/mol. The molecule has 16 heavy (non-hydrogen) atoms. The Morgan fingerprint density at radius 3 is 1.19 bits per heavy atom. The molecule has 2 aromatic carbocycles. The van der Waals surface area contributed by atoms with E-state index in [1.54, 1.807) is 0 Å². The van der Waals surface area contributed by atoms with Crippen molar-refractivity contribution in [3.8, 4) is 0 Å². The van der Waals surface area contributed by atoms with E-state index in [4.69, 9.17) is 0 Å². The average Bonchev–Trinajstić information content (AvgIpc) is 2.36. The van der Waals surface area contributed by atoms with E-state index in [-0.39, 0.29) is 0 Å². The standard InChI is InChI=1S/C10H4N4S2/c1-2-6-10-8(14-16-12-6)4-3-7-9(10)5(1)11-15-13-7/h1-4H. The van der Waals surface area contributed by atoms with Gasteiger partial charge in [-0.15, -0.1) is 0 Å². The molecule has 4 rings (SSSR count). The van der Waals surface area contributed by atoms with Gasteiger partial charge in [-0.25, -0.2) is 0 Å². The summed E-state index contributed by atoms with van der Waals surface area (Å²) in [7, 11) is 0. The molecule has 0 fully saturated rings. The first kappa shape index (κ1) is 8.72. The lowest BCUT2D eigenvalue weighted by Crippen LogP contribution is -2.27. The predicted octanol–water partition coefficient (Wildman–Crippen LogP) is 0.472. The molecule has 0 unspecified atom stereocenters. The molecule has 0 N–H and O–H groups in total. The maximum absolute atomic E-state index is 4.31. The minimum atomic E-state index is 0.966. The van der Waals surface area contributed by atoms with E-state index in [0.29, 0.717) is 0 Å². The summed E-state index contributed by atoms with van der Waals surface area (Å²) in [6, 6.07) is 7.95. The van der Waals surface area contributed by atoms with Crippen LogP contribution in [-0.2, 0) is 0 Å². The van der Waals surface area contributed by atoms with Crippen molar-refractivity contribution in [1.29, 1.82) is 0 Å². The van der Waals surface area contributed by atoms with Crippen LogP contribution in [0.2, 0.25) is 0 Å². The Labute approximate surface area is 98.5 Å². The molecule has 0 atom stereocenters. The topological polar surface area (TPSA) is 49.4 Å². The second kappa shape index (κ2) is 3.05. The van der Waals surface area contributed by atoms with Gasteiger partial charge in [-0.05, 0) is 24.3 Å². The molecule has 76 valence electrons. The van der Waals surface area contributed by atoms with Crippen LogP contribution >= 0.6 is 24.3 Å². The van der Waals surface area contributed by atoms with E-state index in [1.807, 2.05) is 24.3 Å². The highest BCUT2D eigenvalue weighted by Crippen LogP contribution is 2.10. The first-order valence-electron chi connectivity index (χ1n) is 4.70. The Bertz CT molecular complexity index is 718. The van der Waals surface area contributed by atoms with E-state index in [1.165, 1.54) is 24.3 Å². The van der Waals surface area contributed by atoms with Crippen molar-refractivity contribution in [3.63, 3.8) is 0 Å². The van der Waals surface area contributed by atoms with Crippen LogP contribution < -0.4 is 21.4 Å². The first-order valence-corrected chi connectivity index (χ1v) is 6.16. The van der Waals surface area contributed by atoms with Gasteiger partial charge in [0, 0.05) is 10.8 Å². The highest BCUT2D eigenvalue weighted by atomic mass is 32.2. The van der Waals surface area contributed by atoms with Crippen LogP contribution in [-0.4, -0.2) is 0 Å². The fourth-order valence-corrected chi connectivity index (χ4v) is 2.99. The SMILES string of the molecule is c1cc2c3c(ccc4c3c1=NSN=4)=NSN=2. The van der Waals surface area contributed by atoms with Crippen molar-refractivity contribution in [2.45, 2.75) is 0 Å². The molecule has 4 nitrogen and oxygen atoms in total. The summed E-state index contributed by atoms with van der Waals surface area (Å²) in [6.07, 6.45) is 0. The van der Waals surface area contributed by atoms with Crippen molar-refractivity contribution < 1.29 is 0 Å². The fraction of sp³-hybridized carbons (Fsp3) is 0. The highest BCUT2D eigenvalue weighted by molar-refractivity contribution is 7.96. The quantitative estimate of drug-likeness (QED) is 0.633. The van der Waals surface area contributed by atoms with Gasteiger partial charge in [-0.2, -0.15) is 17.6 Å². The number of hydrogen-bond donors (Lipinski definition) is 0. The molecule has 0 amide bonds. The fourth-order valence-electron chi connectivity index (χ4n) is 1.94. The van der Waals surface area contributed by atoms with Crippen LogP contribution in [0, 0.1) is 0 Å². The van der Waals surface area contributed by atoms with Crippen LogP contribution in [0.25, 0.3) is 10.8 Å². The molecule has 0 spiro atoms. The second-order valence-electron chi connectivity index (χ2n) is 3.49. The van der Waals surface area contributed by atoms with E-state index in [2.05, 4.69) is 17.6 Å². The third kappa shape index (κ3) is 1.03. The molecule has 0 radical (unpaired) electrons. The van der Waals surface area contributed by atoms with Crippen LogP contribution in [0.4, 0.5) is 0 Å². The summed E-state index contributed by atoms with van der Waals surface area (Å²) in [5, 5.41) is 6.00. The minimum Gasteiger partial charge on any atom is -0.193 e. The Morgan fingerprint density at radius 2 is 0.875 bits per heavy atom. The molecule has 2 aliphatic rings. The van der Waals surface area contributed by atoms with Gasteiger partial charge in [0.1, 0.15) is 24.3 Å². The summed E-state index contributed by atoms with van der Waals surface area (Å²) >= 11 is 2.46. The van der Waals surface area contributed by atoms with Crippen molar-refractivity contribution in [2.75, 3.05) is 0 Å². The third-order valence-corrected chi connectivity index (χ3v) is 3.74. The van der Waals surface area contributed by atoms with E-state index in [9.17, 15) is 0 Å². The van der Waals surface area contributed by atoms with Gasteiger partial charge in [0.05, 0.1) is 21.4 Å². The maximum Gasteiger partial charge on any atom is 0.116 e. The van der Waals surface area contributed by atoms with Gasteiger partial charge < -0.3 is 0 Å². The highest BCUT2D eigenvalue weighted by Gasteiger charge is 2.09. The normalized spacial score (nSPS) is 15.8. The minimum absolute atomic E-state index is 0.966. The molecule has 2 aromatic rings. The molecule has 2 heterocycles. The largest absolute Gasteiger partial charge is 0.193 e. The molecule has 0 aliphatic carbocycles. The Kier molecular flexibility index (Phi) is 1.66. The Morgan fingerprint density at radius 1 is 0.562 bits per heavy atom. The molecule has 2 aliphatic heterocycles. The van der Waals surface area contributed by atoms with Crippen LogP contribution in [0.1, 0.15) is 0 Å². The van der Waals surface area contributed by atoms with E-state index >= 15 is 0 Å². The van der Waals surface area contributed by atoms with E-state index < -0.39 is 0 Å². The van der Waals surface area contributed by atoms with Crippen molar-refractivity contribution in [1.82, 2.24) is 0 Å². The second-order valence-corrected chi connectivity index (χ2v) is 4.54. The summed E-state index contributed by atoms with van der Waals surface area (Å²) in [5.74, 6) is 0. The summed E-state index contributed by atoms with van der Waals surface area (Å²) in [5.41, 5.74) is 0. The molecule has 6 heteroatoms. The Balaban J connectivity index is 2.53. The van der Waals surface area contributed by atoms with Gasteiger partial charge in [0.15, 0.2) is 0 Å². The van der Waals surface area contributed by atoms with Crippen LogP contribution in [0.15, 0.2) is 41.9 Å². The lowest BCUT2D eigenvalue weighted by Gasteiger charge is -2.05. The summed E-state index contributed by atoms with van der Waals surface area (Å²) in [6.45, 7) is 0. The van der Waals surface area contributed by atoms with Crippen molar-refractivity contribution in [3.05, 3.63) is 45.7 Å². The van der Waals surface area contributed by atoms with E-state index in [0.717, 1.165) is 32.2 Å². The van der Waals surface area contributed by atoms with Crippen molar-refractivity contribution >= 4 is 35.0 Å². The van der Waals surface area contributed by atoms with Gasteiger partial charge in [-0.1, -0.05) is 0 Å². The van der Waals surface area contributed by atoms with Crippen LogP contribution in [0.5, 0.6) is 0 Å². The first-order chi connectivity index (χ1) is 7.93. The molecule has 0 saturated carbocycles. The van der Waals surface area contributed by atoms with Gasteiger partial charge >= 0.3 is 0 Å². The zero-order valence-electron chi connectivity index (χ0n) is 7.91. The molecular weight excluding hydrogens is 240 g/mol. The Hall–Kier alpha value is -1.40. The summed E-state index contributed by atoms with van der Waals surface area (Å²) < 4.78 is 17.2.